The van der Waals surface area contributed by atoms with Crippen molar-refractivity contribution in [2.24, 2.45) is 11.7 Å². The number of likely N-dealkylation sites (tertiary alicyclic amines) is 1. The highest BCUT2D eigenvalue weighted by molar-refractivity contribution is 5.11. The van der Waals surface area contributed by atoms with E-state index in [2.05, 4.69) is 18.7 Å². The zero-order valence-corrected chi connectivity index (χ0v) is 9.52. The van der Waals surface area contributed by atoms with Crippen molar-refractivity contribution in [3.8, 4) is 0 Å². The van der Waals surface area contributed by atoms with Crippen molar-refractivity contribution in [2.45, 2.75) is 32.4 Å². The van der Waals surface area contributed by atoms with Crippen LogP contribution in [-0.2, 0) is 0 Å². The van der Waals surface area contributed by atoms with Crippen LogP contribution in [0, 0.1) is 5.92 Å². The molecule has 0 spiro atoms. The van der Waals surface area contributed by atoms with Gasteiger partial charge in [-0.1, -0.05) is 0 Å². The third-order valence-electron chi connectivity index (χ3n) is 3.57. The molecule has 1 saturated heterocycles. The summed E-state index contributed by atoms with van der Waals surface area (Å²) < 4.78 is 5.12. The Hall–Kier alpha value is -0.800. The van der Waals surface area contributed by atoms with Crippen LogP contribution in [0.15, 0.2) is 23.0 Å². The predicted molar refractivity (Wildman–Crippen MR) is 60.5 cm³/mol. The van der Waals surface area contributed by atoms with Gasteiger partial charge in [-0.15, -0.1) is 0 Å². The van der Waals surface area contributed by atoms with Crippen LogP contribution in [0.2, 0.25) is 0 Å². The summed E-state index contributed by atoms with van der Waals surface area (Å²) in [6.45, 7) is 6.60. The minimum absolute atomic E-state index is 0.312. The van der Waals surface area contributed by atoms with Crippen LogP contribution in [0.3, 0.4) is 0 Å². The van der Waals surface area contributed by atoms with Crippen LogP contribution >= 0.6 is 0 Å². The summed E-state index contributed by atoms with van der Waals surface area (Å²) in [6.07, 6.45) is 4.80. The Kier molecular flexibility index (Phi) is 3.12. The standard InChI is InChI=1S/C12H20N2O/c1-9(13)11-3-5-14(7-11)10(2)12-4-6-15-8-12/h4,6,8-11H,3,5,7,13H2,1-2H3. The van der Waals surface area contributed by atoms with Crippen LogP contribution in [0.1, 0.15) is 31.9 Å². The molecule has 2 heterocycles. The fourth-order valence-corrected chi connectivity index (χ4v) is 2.32. The highest BCUT2D eigenvalue weighted by atomic mass is 16.3. The van der Waals surface area contributed by atoms with E-state index in [-0.39, 0.29) is 0 Å². The molecule has 1 aromatic rings. The topological polar surface area (TPSA) is 42.4 Å². The van der Waals surface area contributed by atoms with Gasteiger partial charge in [0.05, 0.1) is 12.5 Å². The largest absolute Gasteiger partial charge is 0.472 e. The molecule has 15 heavy (non-hydrogen) atoms. The molecule has 1 aliphatic rings. The van der Waals surface area contributed by atoms with Crippen LogP contribution in [0.5, 0.6) is 0 Å². The molecule has 2 N–H and O–H groups in total. The van der Waals surface area contributed by atoms with Crippen molar-refractivity contribution < 1.29 is 4.42 Å². The number of rotatable bonds is 3. The lowest BCUT2D eigenvalue weighted by Gasteiger charge is -2.24. The Morgan fingerprint density at radius 2 is 2.33 bits per heavy atom. The fraction of sp³-hybridized carbons (Fsp3) is 0.667. The van der Waals surface area contributed by atoms with E-state index in [0.29, 0.717) is 18.0 Å². The van der Waals surface area contributed by atoms with Gasteiger partial charge in [-0.25, -0.2) is 0 Å². The molecule has 0 aromatic carbocycles. The Morgan fingerprint density at radius 3 is 2.87 bits per heavy atom. The van der Waals surface area contributed by atoms with Gasteiger partial charge in [-0.05, 0) is 38.8 Å². The normalized spacial score (nSPS) is 26.7. The Balaban J connectivity index is 1.96. The van der Waals surface area contributed by atoms with Gasteiger partial charge in [0.25, 0.3) is 0 Å². The average Bonchev–Trinajstić information content (AvgIpc) is 2.88. The minimum atomic E-state index is 0.312. The molecular formula is C12H20N2O. The van der Waals surface area contributed by atoms with Gasteiger partial charge in [-0.3, -0.25) is 4.90 Å². The van der Waals surface area contributed by atoms with E-state index in [1.807, 2.05) is 12.3 Å². The summed E-state index contributed by atoms with van der Waals surface area (Å²) in [6, 6.07) is 2.81. The first kappa shape index (κ1) is 10.7. The van der Waals surface area contributed by atoms with Gasteiger partial charge in [0.2, 0.25) is 0 Å². The van der Waals surface area contributed by atoms with Gasteiger partial charge in [0, 0.05) is 24.2 Å². The molecule has 0 bridgehead atoms. The smallest absolute Gasteiger partial charge is 0.0950 e. The van der Waals surface area contributed by atoms with E-state index in [0.717, 1.165) is 13.1 Å². The first-order chi connectivity index (χ1) is 7.18. The van der Waals surface area contributed by atoms with E-state index in [1.54, 1.807) is 6.26 Å². The van der Waals surface area contributed by atoms with Gasteiger partial charge < -0.3 is 10.2 Å². The summed E-state index contributed by atoms with van der Waals surface area (Å²) >= 11 is 0. The molecule has 3 nitrogen and oxygen atoms in total. The summed E-state index contributed by atoms with van der Waals surface area (Å²) in [5, 5.41) is 0. The number of nitrogens with two attached hydrogens (primary N) is 1. The second kappa shape index (κ2) is 4.37. The van der Waals surface area contributed by atoms with Crippen molar-refractivity contribution >= 4 is 0 Å². The summed E-state index contributed by atoms with van der Waals surface area (Å²) in [5.41, 5.74) is 7.20. The Bertz CT molecular complexity index is 295. The lowest BCUT2D eigenvalue weighted by Crippen LogP contribution is -2.30. The first-order valence-electron chi connectivity index (χ1n) is 5.70. The van der Waals surface area contributed by atoms with Gasteiger partial charge in [0.1, 0.15) is 0 Å². The van der Waals surface area contributed by atoms with E-state index >= 15 is 0 Å². The predicted octanol–water partition coefficient (Wildman–Crippen LogP) is 2.01. The third-order valence-corrected chi connectivity index (χ3v) is 3.57. The van der Waals surface area contributed by atoms with Crippen molar-refractivity contribution in [1.29, 1.82) is 0 Å². The number of furan rings is 1. The zero-order valence-electron chi connectivity index (χ0n) is 9.52. The van der Waals surface area contributed by atoms with Crippen LogP contribution < -0.4 is 5.73 Å². The molecule has 1 fully saturated rings. The average molecular weight is 208 g/mol. The lowest BCUT2D eigenvalue weighted by molar-refractivity contribution is 0.247. The molecular weight excluding hydrogens is 188 g/mol. The molecule has 3 atom stereocenters. The van der Waals surface area contributed by atoms with Crippen molar-refractivity contribution in [1.82, 2.24) is 4.90 Å². The van der Waals surface area contributed by atoms with Crippen molar-refractivity contribution in [3.63, 3.8) is 0 Å². The first-order valence-corrected chi connectivity index (χ1v) is 5.70. The fourth-order valence-electron chi connectivity index (χ4n) is 2.32. The lowest BCUT2D eigenvalue weighted by atomic mass is 10.0. The van der Waals surface area contributed by atoms with Gasteiger partial charge in [-0.2, -0.15) is 0 Å². The summed E-state index contributed by atoms with van der Waals surface area (Å²) in [4.78, 5) is 2.48. The van der Waals surface area contributed by atoms with Crippen LogP contribution in [0.4, 0.5) is 0 Å². The van der Waals surface area contributed by atoms with Crippen LogP contribution in [0.25, 0.3) is 0 Å². The molecule has 1 aromatic heterocycles. The highest BCUT2D eigenvalue weighted by Crippen LogP contribution is 2.28. The molecule has 84 valence electrons. The summed E-state index contributed by atoms with van der Waals surface area (Å²) in [5.74, 6) is 0.652. The molecule has 0 amide bonds. The second-order valence-electron chi connectivity index (χ2n) is 4.64. The SMILES string of the molecule is CC(N)C1CCN(C(C)c2ccoc2)C1. The number of nitrogens with zero attached hydrogens (tertiary/aromatic N) is 1. The maximum atomic E-state index is 5.93. The molecule has 1 aliphatic heterocycles. The quantitative estimate of drug-likeness (QED) is 0.826. The van der Waals surface area contributed by atoms with Crippen LogP contribution in [-0.4, -0.2) is 24.0 Å². The van der Waals surface area contributed by atoms with Crippen molar-refractivity contribution in [3.05, 3.63) is 24.2 Å². The highest BCUT2D eigenvalue weighted by Gasteiger charge is 2.28. The zero-order chi connectivity index (χ0) is 10.8. The molecule has 3 unspecified atom stereocenters. The van der Waals surface area contributed by atoms with E-state index in [9.17, 15) is 0 Å². The van der Waals surface area contributed by atoms with Gasteiger partial charge in [0.15, 0.2) is 0 Å². The molecule has 2 rings (SSSR count). The molecule has 0 saturated carbocycles. The number of hydrogen-bond acceptors (Lipinski definition) is 3. The Labute approximate surface area is 91.2 Å². The number of hydrogen-bond donors (Lipinski definition) is 1. The van der Waals surface area contributed by atoms with E-state index < -0.39 is 0 Å². The van der Waals surface area contributed by atoms with E-state index in [4.69, 9.17) is 10.2 Å². The minimum Gasteiger partial charge on any atom is -0.472 e. The summed E-state index contributed by atoms with van der Waals surface area (Å²) in [7, 11) is 0. The van der Waals surface area contributed by atoms with E-state index in [1.165, 1.54) is 12.0 Å². The molecule has 0 radical (unpaired) electrons. The second-order valence-corrected chi connectivity index (χ2v) is 4.64. The maximum absolute atomic E-state index is 5.93. The van der Waals surface area contributed by atoms with Crippen molar-refractivity contribution in [2.75, 3.05) is 13.1 Å². The third kappa shape index (κ3) is 2.24. The molecule has 3 heteroatoms. The molecule has 0 aliphatic carbocycles. The monoisotopic (exact) mass is 208 g/mol. The Morgan fingerprint density at radius 1 is 1.53 bits per heavy atom. The maximum Gasteiger partial charge on any atom is 0.0950 e. The van der Waals surface area contributed by atoms with Gasteiger partial charge >= 0.3 is 0 Å².